The van der Waals surface area contributed by atoms with Crippen LogP contribution in [0.5, 0.6) is 0 Å². The Balaban J connectivity index is 0.00000120. The van der Waals surface area contributed by atoms with E-state index in [1.165, 1.54) is 0 Å². The van der Waals surface area contributed by atoms with E-state index in [1.807, 2.05) is 0 Å². The molecule has 3 saturated heterocycles. The third kappa shape index (κ3) is 2.64. The smallest absolute Gasteiger partial charge is 0.225 e. The summed E-state index contributed by atoms with van der Waals surface area (Å²) in [4.78, 5) is 12.0. The summed E-state index contributed by atoms with van der Waals surface area (Å²) in [6.07, 6.45) is 3.14. The molecule has 3 heterocycles. The number of halogens is 1. The van der Waals surface area contributed by atoms with Crippen molar-refractivity contribution in [2.75, 3.05) is 19.6 Å². The lowest BCUT2D eigenvalue weighted by Crippen LogP contribution is -2.40. The van der Waals surface area contributed by atoms with Crippen LogP contribution >= 0.6 is 12.4 Å². The minimum Gasteiger partial charge on any atom is -0.391 e. The summed E-state index contributed by atoms with van der Waals surface area (Å²) in [6, 6.07) is 0. The third-order valence-electron chi connectivity index (χ3n) is 4.29. The fourth-order valence-electron chi connectivity index (χ4n) is 3.20. The van der Waals surface area contributed by atoms with Crippen molar-refractivity contribution in [1.82, 2.24) is 10.6 Å². The molecule has 0 aliphatic carbocycles. The summed E-state index contributed by atoms with van der Waals surface area (Å²) in [5.41, 5.74) is 0. The maximum Gasteiger partial charge on any atom is 0.225 e. The molecule has 18 heavy (non-hydrogen) atoms. The lowest BCUT2D eigenvalue weighted by Gasteiger charge is -2.20. The number of ether oxygens (including phenoxy) is 1. The van der Waals surface area contributed by atoms with Crippen molar-refractivity contribution >= 4 is 18.3 Å². The number of carbonyl (C=O) groups excluding carboxylic acids is 1. The number of aliphatic hydroxyl groups is 1. The maximum atomic E-state index is 12.0. The zero-order valence-corrected chi connectivity index (χ0v) is 11.1. The molecular weight excluding hydrogens is 256 g/mol. The van der Waals surface area contributed by atoms with Crippen molar-refractivity contribution in [3.8, 4) is 0 Å². The SMILES string of the molecule is Cl.O=C(NCC1CNCC1O)C1CC2CCC1O2. The summed E-state index contributed by atoms with van der Waals surface area (Å²) in [5, 5.41) is 15.7. The molecule has 5 atom stereocenters. The average molecular weight is 277 g/mol. The molecule has 0 saturated carbocycles. The molecule has 3 N–H and O–H groups in total. The first-order valence-electron chi connectivity index (χ1n) is 6.56. The molecule has 0 aromatic carbocycles. The van der Waals surface area contributed by atoms with Crippen molar-refractivity contribution < 1.29 is 14.6 Å². The van der Waals surface area contributed by atoms with Crippen molar-refractivity contribution in [2.45, 2.75) is 37.6 Å². The van der Waals surface area contributed by atoms with Gasteiger partial charge in [-0.1, -0.05) is 0 Å². The van der Waals surface area contributed by atoms with Gasteiger partial charge in [-0.3, -0.25) is 4.79 Å². The van der Waals surface area contributed by atoms with Gasteiger partial charge in [-0.25, -0.2) is 0 Å². The third-order valence-corrected chi connectivity index (χ3v) is 4.29. The maximum absolute atomic E-state index is 12.0. The highest BCUT2D eigenvalue weighted by Crippen LogP contribution is 2.38. The number of hydrogen-bond acceptors (Lipinski definition) is 4. The van der Waals surface area contributed by atoms with E-state index < -0.39 is 0 Å². The van der Waals surface area contributed by atoms with Crippen LogP contribution in [0.4, 0.5) is 0 Å². The van der Waals surface area contributed by atoms with Crippen LogP contribution in [0.15, 0.2) is 0 Å². The second-order valence-corrected chi connectivity index (χ2v) is 5.45. The van der Waals surface area contributed by atoms with Gasteiger partial charge in [0.15, 0.2) is 0 Å². The van der Waals surface area contributed by atoms with Gasteiger partial charge in [0.1, 0.15) is 0 Å². The molecule has 3 aliphatic heterocycles. The molecule has 2 bridgehead atoms. The van der Waals surface area contributed by atoms with Crippen LogP contribution in [0, 0.1) is 11.8 Å². The van der Waals surface area contributed by atoms with E-state index in [4.69, 9.17) is 4.74 Å². The molecule has 0 aromatic heterocycles. The number of carbonyl (C=O) groups is 1. The van der Waals surface area contributed by atoms with Crippen LogP contribution in [-0.4, -0.2) is 49.0 Å². The second kappa shape index (κ2) is 5.74. The van der Waals surface area contributed by atoms with Gasteiger partial charge in [-0.05, 0) is 19.3 Å². The van der Waals surface area contributed by atoms with Crippen molar-refractivity contribution in [3.63, 3.8) is 0 Å². The van der Waals surface area contributed by atoms with Gasteiger partial charge in [0, 0.05) is 25.6 Å². The normalized spacial score (nSPS) is 41.7. The van der Waals surface area contributed by atoms with Gasteiger partial charge in [-0.15, -0.1) is 12.4 Å². The van der Waals surface area contributed by atoms with Crippen molar-refractivity contribution in [3.05, 3.63) is 0 Å². The number of amides is 1. The van der Waals surface area contributed by atoms with Gasteiger partial charge in [0.25, 0.3) is 0 Å². The van der Waals surface area contributed by atoms with Gasteiger partial charge < -0.3 is 20.5 Å². The van der Waals surface area contributed by atoms with Crippen LogP contribution in [0.25, 0.3) is 0 Å². The van der Waals surface area contributed by atoms with E-state index in [0.717, 1.165) is 25.8 Å². The predicted molar refractivity (Wildman–Crippen MR) is 68.6 cm³/mol. The molecule has 6 heteroatoms. The highest BCUT2D eigenvalue weighted by atomic mass is 35.5. The number of fused-ring (bicyclic) bond motifs is 2. The monoisotopic (exact) mass is 276 g/mol. The molecule has 1 amide bonds. The summed E-state index contributed by atoms with van der Waals surface area (Å²) < 4.78 is 5.68. The van der Waals surface area contributed by atoms with Crippen LogP contribution in [0.1, 0.15) is 19.3 Å². The van der Waals surface area contributed by atoms with Gasteiger partial charge in [0.2, 0.25) is 5.91 Å². The second-order valence-electron chi connectivity index (χ2n) is 5.45. The molecule has 104 valence electrons. The molecule has 3 aliphatic rings. The quantitative estimate of drug-likeness (QED) is 0.660. The zero-order valence-electron chi connectivity index (χ0n) is 10.3. The number of aliphatic hydroxyl groups excluding tert-OH is 1. The van der Waals surface area contributed by atoms with E-state index in [9.17, 15) is 9.90 Å². The Kier molecular flexibility index (Phi) is 4.48. The van der Waals surface area contributed by atoms with Crippen LogP contribution < -0.4 is 10.6 Å². The summed E-state index contributed by atoms with van der Waals surface area (Å²) in [7, 11) is 0. The van der Waals surface area contributed by atoms with Gasteiger partial charge in [0.05, 0.1) is 24.2 Å². The Bertz CT molecular complexity index is 316. The Morgan fingerprint density at radius 2 is 2.22 bits per heavy atom. The van der Waals surface area contributed by atoms with E-state index in [-0.39, 0.29) is 42.4 Å². The largest absolute Gasteiger partial charge is 0.391 e. The fraction of sp³-hybridized carbons (Fsp3) is 0.917. The van der Waals surface area contributed by atoms with Gasteiger partial charge in [-0.2, -0.15) is 0 Å². The minimum atomic E-state index is -0.327. The predicted octanol–water partition coefficient (Wildman–Crippen LogP) is -0.328. The lowest BCUT2D eigenvalue weighted by molar-refractivity contribution is -0.126. The molecule has 0 radical (unpaired) electrons. The first-order chi connectivity index (χ1) is 8.24. The Hall–Kier alpha value is -0.360. The molecule has 0 aromatic rings. The van der Waals surface area contributed by atoms with Crippen molar-refractivity contribution in [1.29, 1.82) is 0 Å². The lowest BCUT2D eigenvalue weighted by atomic mass is 9.88. The standard InChI is InChI=1S/C12H20N2O3.ClH/c15-10-6-13-4-7(10)5-14-12(16)9-3-8-1-2-11(9)17-8;/h7-11,13,15H,1-6H2,(H,14,16);1H. The molecule has 5 nitrogen and oxygen atoms in total. The first kappa shape index (κ1) is 14.1. The minimum absolute atomic E-state index is 0. The van der Waals surface area contributed by atoms with Gasteiger partial charge >= 0.3 is 0 Å². The highest BCUT2D eigenvalue weighted by Gasteiger charge is 2.44. The highest BCUT2D eigenvalue weighted by molar-refractivity contribution is 5.85. The number of β-amino-alcohol motifs (C(OH)–C–C–N with tert-alkyl or cyclic N) is 1. The number of rotatable bonds is 3. The fourth-order valence-corrected chi connectivity index (χ4v) is 3.20. The van der Waals surface area contributed by atoms with E-state index in [0.29, 0.717) is 19.2 Å². The molecule has 0 spiro atoms. The number of hydrogen-bond donors (Lipinski definition) is 3. The Morgan fingerprint density at radius 3 is 2.78 bits per heavy atom. The summed E-state index contributed by atoms with van der Waals surface area (Å²) in [5.74, 6) is 0.301. The summed E-state index contributed by atoms with van der Waals surface area (Å²) >= 11 is 0. The van der Waals surface area contributed by atoms with Crippen LogP contribution in [-0.2, 0) is 9.53 Å². The van der Waals surface area contributed by atoms with E-state index in [1.54, 1.807) is 0 Å². The average Bonchev–Trinajstić information content (AvgIpc) is 3.01. The topological polar surface area (TPSA) is 70.6 Å². The van der Waals surface area contributed by atoms with Crippen molar-refractivity contribution in [2.24, 2.45) is 11.8 Å². The molecule has 3 rings (SSSR count). The van der Waals surface area contributed by atoms with Crippen LogP contribution in [0.2, 0.25) is 0 Å². The Morgan fingerprint density at radius 1 is 1.39 bits per heavy atom. The first-order valence-corrected chi connectivity index (χ1v) is 6.56. The Labute approximate surface area is 113 Å². The van der Waals surface area contributed by atoms with E-state index in [2.05, 4.69) is 10.6 Å². The molecular formula is C12H21ClN2O3. The summed E-state index contributed by atoms with van der Waals surface area (Å²) in [6.45, 7) is 1.99. The molecule has 3 fully saturated rings. The zero-order chi connectivity index (χ0) is 11.8. The molecule has 5 unspecified atom stereocenters. The number of nitrogens with one attached hydrogen (secondary N) is 2. The van der Waals surface area contributed by atoms with Crippen LogP contribution in [0.3, 0.4) is 0 Å². The van der Waals surface area contributed by atoms with E-state index >= 15 is 0 Å².